The molecule has 1 N–H and O–H groups in total. The molecule has 0 aliphatic carbocycles. The topological polar surface area (TPSA) is 69.7 Å². The molecule has 0 radical (unpaired) electrons. The first-order chi connectivity index (χ1) is 16.3. The minimum absolute atomic E-state index is 0.00466. The number of hydrogen-bond donors (Lipinski definition) is 1. The molecule has 34 heavy (non-hydrogen) atoms. The molecule has 1 aliphatic heterocycles. The van der Waals surface area contributed by atoms with Crippen LogP contribution in [-0.2, 0) is 16.1 Å². The van der Waals surface area contributed by atoms with Crippen molar-refractivity contribution in [3.05, 3.63) is 76.3 Å². The third-order valence-corrected chi connectivity index (χ3v) is 6.85. The van der Waals surface area contributed by atoms with Crippen LogP contribution in [0.5, 0.6) is 0 Å². The molecule has 3 aromatic carbocycles. The van der Waals surface area contributed by atoms with Crippen LogP contribution in [0.1, 0.15) is 43.1 Å². The van der Waals surface area contributed by atoms with Crippen LogP contribution in [0, 0.1) is 0 Å². The first-order valence-electron chi connectivity index (χ1n) is 11.5. The highest BCUT2D eigenvalue weighted by molar-refractivity contribution is 9.10. The molecular formula is C27H28BrN3O3. The minimum Gasteiger partial charge on any atom is -0.352 e. The lowest BCUT2D eigenvalue weighted by Gasteiger charge is -2.31. The zero-order valence-corrected chi connectivity index (χ0v) is 21.1. The largest absolute Gasteiger partial charge is 0.352 e. The molecule has 0 saturated heterocycles. The van der Waals surface area contributed by atoms with E-state index in [4.69, 9.17) is 0 Å². The van der Waals surface area contributed by atoms with Crippen LogP contribution in [0.15, 0.2) is 65.1 Å². The van der Waals surface area contributed by atoms with Crippen LogP contribution in [0.3, 0.4) is 0 Å². The van der Waals surface area contributed by atoms with E-state index in [0.717, 1.165) is 32.9 Å². The summed E-state index contributed by atoms with van der Waals surface area (Å²) in [5, 5.41) is 4.80. The summed E-state index contributed by atoms with van der Waals surface area (Å²) in [6.45, 7) is 5.78. The van der Waals surface area contributed by atoms with Crippen molar-refractivity contribution in [2.75, 3.05) is 11.4 Å². The number of benzene rings is 3. The van der Waals surface area contributed by atoms with Crippen LogP contribution in [0.25, 0.3) is 10.8 Å². The molecule has 0 fully saturated rings. The summed E-state index contributed by atoms with van der Waals surface area (Å²) in [6.07, 6.45) is 0.794. The Balaban J connectivity index is 1.62. The van der Waals surface area contributed by atoms with Crippen LogP contribution < -0.4 is 10.2 Å². The fraction of sp³-hybridized carbons (Fsp3) is 0.296. The lowest BCUT2D eigenvalue weighted by atomic mass is 10.1. The van der Waals surface area contributed by atoms with E-state index < -0.39 is 6.04 Å². The van der Waals surface area contributed by atoms with Crippen molar-refractivity contribution in [2.45, 2.75) is 45.8 Å². The number of anilines is 1. The van der Waals surface area contributed by atoms with Gasteiger partial charge in [0.25, 0.3) is 5.91 Å². The fourth-order valence-corrected chi connectivity index (χ4v) is 4.69. The molecule has 1 heterocycles. The van der Waals surface area contributed by atoms with Crippen molar-refractivity contribution < 1.29 is 14.4 Å². The summed E-state index contributed by atoms with van der Waals surface area (Å²) in [4.78, 5) is 42.9. The van der Waals surface area contributed by atoms with Gasteiger partial charge in [-0.1, -0.05) is 59.3 Å². The molecule has 0 unspecified atom stereocenters. The van der Waals surface area contributed by atoms with E-state index in [1.54, 1.807) is 17.9 Å². The van der Waals surface area contributed by atoms with E-state index in [-0.39, 0.29) is 36.9 Å². The highest BCUT2D eigenvalue weighted by atomic mass is 79.9. The van der Waals surface area contributed by atoms with E-state index in [1.165, 1.54) is 4.90 Å². The van der Waals surface area contributed by atoms with Crippen LogP contribution in [0.2, 0.25) is 0 Å². The van der Waals surface area contributed by atoms with Crippen LogP contribution >= 0.6 is 15.9 Å². The van der Waals surface area contributed by atoms with E-state index in [2.05, 4.69) is 21.2 Å². The Morgan fingerprint density at radius 2 is 1.76 bits per heavy atom. The van der Waals surface area contributed by atoms with Crippen molar-refractivity contribution >= 4 is 50.1 Å². The Hall–Kier alpha value is -3.19. The summed E-state index contributed by atoms with van der Waals surface area (Å²) in [5.41, 5.74) is 2.22. The maximum absolute atomic E-state index is 13.6. The van der Waals surface area contributed by atoms with Gasteiger partial charge in [0.05, 0.1) is 5.69 Å². The molecule has 4 rings (SSSR count). The smallest absolute Gasteiger partial charge is 0.259 e. The molecule has 0 spiro atoms. The van der Waals surface area contributed by atoms with Crippen molar-refractivity contribution in [1.29, 1.82) is 0 Å². The van der Waals surface area contributed by atoms with Gasteiger partial charge in [0.1, 0.15) is 12.6 Å². The summed E-state index contributed by atoms with van der Waals surface area (Å²) < 4.78 is 0.894. The Morgan fingerprint density at radius 1 is 1.06 bits per heavy atom. The van der Waals surface area contributed by atoms with Gasteiger partial charge in [0, 0.05) is 28.0 Å². The lowest BCUT2D eigenvalue weighted by molar-refractivity contribution is -0.139. The Labute approximate surface area is 208 Å². The van der Waals surface area contributed by atoms with Crippen molar-refractivity contribution in [3.63, 3.8) is 0 Å². The minimum atomic E-state index is -0.698. The molecular weight excluding hydrogens is 494 g/mol. The number of hydrogen-bond acceptors (Lipinski definition) is 3. The van der Waals surface area contributed by atoms with E-state index in [9.17, 15) is 14.4 Å². The van der Waals surface area contributed by atoms with Gasteiger partial charge in [-0.3, -0.25) is 19.3 Å². The predicted octanol–water partition coefficient (Wildman–Crippen LogP) is 4.89. The molecule has 3 amide bonds. The second-order valence-electron chi connectivity index (χ2n) is 8.72. The molecule has 3 aromatic rings. The number of nitrogens with one attached hydrogen (secondary N) is 1. The Morgan fingerprint density at radius 3 is 2.47 bits per heavy atom. The van der Waals surface area contributed by atoms with Crippen molar-refractivity contribution in [1.82, 2.24) is 10.2 Å². The third kappa shape index (κ3) is 4.71. The van der Waals surface area contributed by atoms with Crippen LogP contribution in [-0.4, -0.2) is 41.2 Å². The van der Waals surface area contributed by atoms with Gasteiger partial charge in [-0.25, -0.2) is 0 Å². The van der Waals surface area contributed by atoms with Gasteiger partial charge in [-0.2, -0.15) is 0 Å². The monoisotopic (exact) mass is 521 g/mol. The molecule has 176 valence electrons. The summed E-state index contributed by atoms with van der Waals surface area (Å²) in [5.74, 6) is -0.694. The Kier molecular flexibility index (Phi) is 7.03. The van der Waals surface area contributed by atoms with E-state index in [0.29, 0.717) is 5.56 Å². The zero-order valence-electron chi connectivity index (χ0n) is 19.5. The van der Waals surface area contributed by atoms with Crippen LogP contribution in [0.4, 0.5) is 5.69 Å². The summed E-state index contributed by atoms with van der Waals surface area (Å²) >= 11 is 3.47. The second kappa shape index (κ2) is 9.97. The van der Waals surface area contributed by atoms with Gasteiger partial charge >= 0.3 is 0 Å². The van der Waals surface area contributed by atoms with Gasteiger partial charge in [0.15, 0.2) is 0 Å². The molecule has 7 heteroatoms. The highest BCUT2D eigenvalue weighted by Crippen LogP contribution is 2.37. The Bertz CT molecular complexity index is 1250. The van der Waals surface area contributed by atoms with Gasteiger partial charge < -0.3 is 10.2 Å². The summed E-state index contributed by atoms with van der Waals surface area (Å²) in [6, 6.07) is 18.3. The van der Waals surface area contributed by atoms with Crippen molar-refractivity contribution in [3.8, 4) is 0 Å². The number of carbonyl (C=O) groups is 3. The zero-order chi connectivity index (χ0) is 24.4. The first kappa shape index (κ1) is 24.0. The number of carbonyl (C=O) groups excluding carboxylic acids is 3. The second-order valence-corrected chi connectivity index (χ2v) is 9.63. The van der Waals surface area contributed by atoms with Gasteiger partial charge in [0.2, 0.25) is 11.8 Å². The lowest BCUT2D eigenvalue weighted by Crippen LogP contribution is -2.52. The van der Waals surface area contributed by atoms with Crippen molar-refractivity contribution in [2.24, 2.45) is 0 Å². The average Bonchev–Trinajstić information content (AvgIpc) is 3.10. The first-order valence-corrected chi connectivity index (χ1v) is 12.3. The molecule has 0 saturated carbocycles. The maximum atomic E-state index is 13.6. The molecule has 6 nitrogen and oxygen atoms in total. The highest BCUT2D eigenvalue weighted by Gasteiger charge is 2.34. The van der Waals surface area contributed by atoms with E-state index in [1.807, 2.05) is 68.4 Å². The molecule has 0 bridgehead atoms. The average molecular weight is 522 g/mol. The number of rotatable bonds is 8. The van der Waals surface area contributed by atoms with E-state index >= 15 is 0 Å². The summed E-state index contributed by atoms with van der Waals surface area (Å²) in [7, 11) is 0. The molecule has 0 aromatic heterocycles. The standard InChI is InChI=1S/C27H28BrN3O3/c1-4-17(2)29-26(33)18(3)30(15-19-8-5-11-21(28)14-19)24(32)16-31-23-13-7-10-20-9-6-12-22(25(20)23)27(31)34/h5-14,17-18H,4,15-16H2,1-3H3,(H,29,33)/t17-,18-/m1/s1. The fourth-order valence-electron chi connectivity index (χ4n) is 4.24. The number of nitrogens with zero attached hydrogens (tertiary/aromatic N) is 2. The van der Waals surface area contributed by atoms with Gasteiger partial charge in [-0.05, 0) is 55.5 Å². The predicted molar refractivity (Wildman–Crippen MR) is 138 cm³/mol. The molecule has 1 aliphatic rings. The number of amides is 3. The third-order valence-electron chi connectivity index (χ3n) is 6.35. The normalized spacial score (nSPS) is 14.2. The quantitative estimate of drug-likeness (QED) is 0.458. The maximum Gasteiger partial charge on any atom is 0.259 e. The number of halogens is 1. The SMILES string of the molecule is CC[C@@H](C)NC(=O)[C@@H](C)N(Cc1cccc(Br)c1)C(=O)CN1C(=O)c2cccc3cccc1c23. The molecule has 2 atom stereocenters. The van der Waals surface area contributed by atoms with Gasteiger partial charge in [-0.15, -0.1) is 0 Å².